The van der Waals surface area contributed by atoms with Gasteiger partial charge in [-0.25, -0.2) is 8.42 Å². The van der Waals surface area contributed by atoms with E-state index in [1.807, 2.05) is 18.4 Å². The summed E-state index contributed by atoms with van der Waals surface area (Å²) in [7, 11) is -3.68. The fourth-order valence-corrected chi connectivity index (χ4v) is 5.80. The molecule has 0 aliphatic rings. The molecule has 0 bridgehead atoms. The normalized spacial score (nSPS) is 12.7. The number of hydrogen-bond acceptors (Lipinski definition) is 5. The zero-order chi connectivity index (χ0) is 18.7. The van der Waals surface area contributed by atoms with Crippen LogP contribution in [0, 0.1) is 13.8 Å². The smallest absolute Gasteiger partial charge is 0.287 e. The molecule has 1 N–H and O–H groups in total. The minimum atomic E-state index is -3.68. The van der Waals surface area contributed by atoms with Gasteiger partial charge in [0.2, 0.25) is 0 Å². The Balaban J connectivity index is 1.93. The molecular formula is C19H19NO4S2. The van der Waals surface area contributed by atoms with Crippen molar-refractivity contribution in [3.63, 3.8) is 0 Å². The molecule has 136 valence electrons. The third-order valence-electron chi connectivity index (χ3n) is 4.08. The summed E-state index contributed by atoms with van der Waals surface area (Å²) >= 11 is 1.36. The minimum Gasteiger partial charge on any atom is -0.459 e. The van der Waals surface area contributed by atoms with Crippen LogP contribution in [0.5, 0.6) is 0 Å². The number of hydrogen-bond donors (Lipinski definition) is 1. The molecule has 7 heteroatoms. The van der Waals surface area contributed by atoms with Crippen LogP contribution in [-0.4, -0.2) is 20.9 Å². The lowest BCUT2D eigenvalue weighted by molar-refractivity contribution is 0.0926. The fourth-order valence-electron chi connectivity index (χ4n) is 2.69. The number of thiophene rings is 1. The Labute approximate surface area is 156 Å². The topological polar surface area (TPSA) is 76.4 Å². The third-order valence-corrected chi connectivity index (χ3v) is 7.44. The van der Waals surface area contributed by atoms with Gasteiger partial charge in [-0.05, 0) is 54.6 Å². The summed E-state index contributed by atoms with van der Waals surface area (Å²) in [5, 5.41) is 3.65. The maximum atomic E-state index is 13.3. The predicted molar refractivity (Wildman–Crippen MR) is 101 cm³/mol. The van der Waals surface area contributed by atoms with Gasteiger partial charge in [0.15, 0.2) is 15.6 Å². The highest BCUT2D eigenvalue weighted by Crippen LogP contribution is 2.33. The van der Waals surface area contributed by atoms with E-state index >= 15 is 0 Å². The van der Waals surface area contributed by atoms with Gasteiger partial charge in [-0.2, -0.15) is 0 Å². The zero-order valence-electron chi connectivity index (χ0n) is 14.4. The second-order valence-electron chi connectivity index (χ2n) is 6.01. The van der Waals surface area contributed by atoms with E-state index in [1.165, 1.54) is 23.7 Å². The highest BCUT2D eigenvalue weighted by molar-refractivity contribution is 7.92. The molecule has 0 saturated carbocycles. The zero-order valence-corrected chi connectivity index (χ0v) is 16.1. The highest BCUT2D eigenvalue weighted by Gasteiger charge is 2.32. The van der Waals surface area contributed by atoms with E-state index in [2.05, 4.69) is 5.32 Å². The third kappa shape index (κ3) is 3.73. The van der Waals surface area contributed by atoms with E-state index < -0.39 is 21.0 Å². The summed E-state index contributed by atoms with van der Waals surface area (Å²) < 4.78 is 31.7. The van der Waals surface area contributed by atoms with Crippen molar-refractivity contribution in [2.75, 3.05) is 6.54 Å². The molecule has 2 heterocycles. The second-order valence-corrected chi connectivity index (χ2v) is 9.08. The van der Waals surface area contributed by atoms with Crippen LogP contribution in [-0.2, 0) is 9.84 Å². The summed E-state index contributed by atoms with van der Waals surface area (Å²) in [6.45, 7) is 3.60. The maximum Gasteiger partial charge on any atom is 0.287 e. The molecule has 0 unspecified atom stereocenters. The van der Waals surface area contributed by atoms with E-state index in [0.29, 0.717) is 15.3 Å². The maximum absolute atomic E-state index is 13.3. The first-order valence-electron chi connectivity index (χ1n) is 8.06. The van der Waals surface area contributed by atoms with E-state index in [0.717, 1.165) is 5.56 Å². The SMILES string of the molecule is Cc1ccc(C)c(S(=O)(=O)[C@@H](CNC(=O)c2ccco2)c2cccs2)c1. The van der Waals surface area contributed by atoms with Crippen molar-refractivity contribution >= 4 is 27.1 Å². The van der Waals surface area contributed by atoms with E-state index in [-0.39, 0.29) is 12.3 Å². The van der Waals surface area contributed by atoms with Gasteiger partial charge < -0.3 is 9.73 Å². The molecule has 0 spiro atoms. The fraction of sp³-hybridized carbons (Fsp3) is 0.211. The first-order valence-corrected chi connectivity index (χ1v) is 10.5. The first kappa shape index (κ1) is 18.4. The number of sulfone groups is 1. The Kier molecular flexibility index (Phi) is 5.29. The van der Waals surface area contributed by atoms with Crippen molar-refractivity contribution in [3.05, 3.63) is 75.9 Å². The van der Waals surface area contributed by atoms with Gasteiger partial charge in [0.05, 0.1) is 11.2 Å². The quantitative estimate of drug-likeness (QED) is 0.694. The lowest BCUT2D eigenvalue weighted by Gasteiger charge is -2.19. The van der Waals surface area contributed by atoms with Gasteiger partial charge in [-0.15, -0.1) is 11.3 Å². The van der Waals surface area contributed by atoms with Gasteiger partial charge in [-0.1, -0.05) is 18.2 Å². The van der Waals surface area contributed by atoms with Crippen molar-refractivity contribution in [3.8, 4) is 0 Å². The molecule has 0 aliphatic heterocycles. The Morgan fingerprint density at radius 1 is 1.19 bits per heavy atom. The number of amides is 1. The Hall–Kier alpha value is -2.38. The molecule has 1 amide bonds. The lowest BCUT2D eigenvalue weighted by atomic mass is 10.2. The second kappa shape index (κ2) is 7.47. The molecule has 3 aromatic rings. The first-order chi connectivity index (χ1) is 12.4. The molecule has 1 atom stereocenters. The molecular weight excluding hydrogens is 370 g/mol. The van der Waals surface area contributed by atoms with Crippen LogP contribution in [0.3, 0.4) is 0 Å². The van der Waals surface area contributed by atoms with Crippen LogP contribution in [0.25, 0.3) is 0 Å². The van der Waals surface area contributed by atoms with Crippen molar-refractivity contribution in [1.29, 1.82) is 0 Å². The molecule has 0 aliphatic carbocycles. The average molecular weight is 389 g/mol. The van der Waals surface area contributed by atoms with Crippen molar-refractivity contribution in [1.82, 2.24) is 5.32 Å². The minimum absolute atomic E-state index is 0.0320. The van der Waals surface area contributed by atoms with Crippen LogP contribution in [0.15, 0.2) is 63.4 Å². The highest BCUT2D eigenvalue weighted by atomic mass is 32.2. The van der Waals surface area contributed by atoms with Gasteiger partial charge in [-0.3, -0.25) is 4.79 Å². The molecule has 0 radical (unpaired) electrons. The van der Waals surface area contributed by atoms with Crippen LogP contribution in [0.4, 0.5) is 0 Å². The summed E-state index contributed by atoms with van der Waals surface area (Å²) in [6, 6.07) is 12.1. The van der Waals surface area contributed by atoms with Crippen molar-refractivity contribution in [2.45, 2.75) is 24.0 Å². The Morgan fingerprint density at radius 2 is 2.00 bits per heavy atom. The summed E-state index contributed by atoms with van der Waals surface area (Å²) in [4.78, 5) is 13.1. The molecule has 0 saturated heterocycles. The number of nitrogens with one attached hydrogen (secondary N) is 1. The van der Waals surface area contributed by atoms with Crippen LogP contribution in [0.1, 0.15) is 31.8 Å². The summed E-state index contributed by atoms with van der Waals surface area (Å²) in [5.74, 6) is -0.285. The van der Waals surface area contributed by atoms with Gasteiger partial charge in [0, 0.05) is 11.4 Å². The molecule has 1 aromatic carbocycles. The molecule has 2 aromatic heterocycles. The summed E-state index contributed by atoms with van der Waals surface area (Å²) in [5.41, 5.74) is 1.56. The van der Waals surface area contributed by atoms with E-state index in [9.17, 15) is 13.2 Å². The average Bonchev–Trinajstić information content (AvgIpc) is 3.30. The number of benzene rings is 1. The summed E-state index contributed by atoms with van der Waals surface area (Å²) in [6.07, 6.45) is 1.40. The number of aryl methyl sites for hydroxylation is 2. The monoisotopic (exact) mass is 389 g/mol. The van der Waals surface area contributed by atoms with Crippen LogP contribution < -0.4 is 5.32 Å². The van der Waals surface area contributed by atoms with Gasteiger partial charge >= 0.3 is 0 Å². The molecule has 3 rings (SSSR count). The molecule has 0 fully saturated rings. The van der Waals surface area contributed by atoms with Gasteiger partial charge in [0.1, 0.15) is 5.25 Å². The standard InChI is InChI=1S/C19H19NO4S2/c1-13-7-8-14(2)17(11-13)26(22,23)18(16-6-4-10-25-16)12-20-19(21)15-5-3-9-24-15/h3-11,18H,12H2,1-2H3,(H,20,21)/t18-/m0/s1. The number of furan rings is 1. The van der Waals surface area contributed by atoms with Crippen molar-refractivity contribution in [2.24, 2.45) is 0 Å². The lowest BCUT2D eigenvalue weighted by Crippen LogP contribution is -2.31. The molecule has 26 heavy (non-hydrogen) atoms. The number of carbonyl (C=O) groups excluding carboxylic acids is 1. The largest absolute Gasteiger partial charge is 0.459 e. The molecule has 5 nitrogen and oxygen atoms in total. The Morgan fingerprint density at radius 3 is 2.65 bits per heavy atom. The predicted octanol–water partition coefficient (Wildman–Crippen LogP) is 3.90. The van der Waals surface area contributed by atoms with E-state index in [1.54, 1.807) is 37.3 Å². The van der Waals surface area contributed by atoms with E-state index in [4.69, 9.17) is 4.42 Å². The number of carbonyl (C=O) groups is 1. The van der Waals surface area contributed by atoms with Crippen LogP contribution in [0.2, 0.25) is 0 Å². The van der Waals surface area contributed by atoms with Crippen molar-refractivity contribution < 1.29 is 17.6 Å². The van der Waals surface area contributed by atoms with Crippen LogP contribution >= 0.6 is 11.3 Å². The van der Waals surface area contributed by atoms with Gasteiger partial charge in [0.25, 0.3) is 5.91 Å². The Bertz CT molecular complexity index is 990. The number of rotatable bonds is 6.